The molecule has 2 rings (SSSR count). The van der Waals surface area contributed by atoms with Gasteiger partial charge in [0.25, 0.3) is 10.1 Å². The van der Waals surface area contributed by atoms with E-state index in [1.807, 2.05) is 12.1 Å². The van der Waals surface area contributed by atoms with Crippen LogP contribution in [0.3, 0.4) is 0 Å². The van der Waals surface area contributed by atoms with E-state index in [0.29, 0.717) is 30.8 Å². The Kier molecular flexibility index (Phi) is 7.82. The molecule has 0 atom stereocenters. The number of ether oxygens (including phenoxy) is 2. The van der Waals surface area contributed by atoms with E-state index in [2.05, 4.69) is 4.74 Å². The molecule has 146 valence electrons. The third-order valence-electron chi connectivity index (χ3n) is 3.88. The Morgan fingerprint density at radius 1 is 1.00 bits per heavy atom. The van der Waals surface area contributed by atoms with Gasteiger partial charge in [0, 0.05) is 0 Å². The highest BCUT2D eigenvalue weighted by molar-refractivity contribution is 7.86. The summed E-state index contributed by atoms with van der Waals surface area (Å²) in [7, 11) is -2.38. The van der Waals surface area contributed by atoms with Gasteiger partial charge in [0.2, 0.25) is 0 Å². The lowest BCUT2D eigenvalue weighted by molar-refractivity contribution is -0.139. The molecule has 0 aliphatic rings. The summed E-state index contributed by atoms with van der Waals surface area (Å²) in [5.74, 6) is 0.351. The van der Waals surface area contributed by atoms with Gasteiger partial charge in [0.15, 0.2) is 0 Å². The van der Waals surface area contributed by atoms with Gasteiger partial charge < -0.3 is 9.47 Å². The minimum absolute atomic E-state index is 0.0996. The van der Waals surface area contributed by atoms with Gasteiger partial charge in [-0.15, -0.1) is 0 Å². The first-order chi connectivity index (χ1) is 12.9. The highest BCUT2D eigenvalue weighted by Crippen LogP contribution is 2.17. The molecular formula is C20H24O6S. The average molecular weight is 392 g/mol. The molecule has 2 aromatic rings. The van der Waals surface area contributed by atoms with Crippen LogP contribution >= 0.6 is 0 Å². The summed E-state index contributed by atoms with van der Waals surface area (Å²) in [4.78, 5) is 11.5. The van der Waals surface area contributed by atoms with E-state index in [1.165, 1.54) is 13.2 Å². The Hall–Kier alpha value is -2.38. The smallest absolute Gasteiger partial charge is 0.309 e. The van der Waals surface area contributed by atoms with Crippen LogP contribution < -0.4 is 4.74 Å². The second-order valence-corrected chi connectivity index (χ2v) is 7.58. The molecule has 0 saturated carbocycles. The normalized spacial score (nSPS) is 11.2. The monoisotopic (exact) mass is 392 g/mol. The van der Waals surface area contributed by atoms with E-state index >= 15 is 0 Å². The van der Waals surface area contributed by atoms with Gasteiger partial charge in [0.1, 0.15) is 5.75 Å². The number of aryl methyl sites for hydroxylation is 1. The van der Waals surface area contributed by atoms with Crippen LogP contribution in [0.4, 0.5) is 0 Å². The number of unbranched alkanes of at least 4 members (excludes halogenated alkanes) is 1. The van der Waals surface area contributed by atoms with Gasteiger partial charge in [-0.2, -0.15) is 8.42 Å². The van der Waals surface area contributed by atoms with Crippen LogP contribution in [0.1, 0.15) is 24.0 Å². The number of methoxy groups -OCH3 is 1. The number of hydrogen-bond donors (Lipinski definition) is 0. The van der Waals surface area contributed by atoms with E-state index in [1.54, 1.807) is 37.3 Å². The highest BCUT2D eigenvalue weighted by atomic mass is 32.2. The minimum Gasteiger partial charge on any atom is -0.494 e. The molecule has 27 heavy (non-hydrogen) atoms. The highest BCUT2D eigenvalue weighted by Gasteiger charge is 2.16. The fourth-order valence-electron chi connectivity index (χ4n) is 2.45. The molecule has 0 aromatic heterocycles. The zero-order chi connectivity index (χ0) is 19.7. The molecule has 0 N–H and O–H groups in total. The molecule has 0 saturated heterocycles. The van der Waals surface area contributed by atoms with Crippen LogP contribution in [0.2, 0.25) is 0 Å². The van der Waals surface area contributed by atoms with Crippen LogP contribution in [0.5, 0.6) is 5.75 Å². The van der Waals surface area contributed by atoms with Crippen molar-refractivity contribution in [3.8, 4) is 5.75 Å². The van der Waals surface area contributed by atoms with Crippen LogP contribution in [0.25, 0.3) is 0 Å². The lowest BCUT2D eigenvalue weighted by Gasteiger charge is -2.09. The van der Waals surface area contributed by atoms with Crippen molar-refractivity contribution in [3.05, 3.63) is 59.7 Å². The third-order valence-corrected chi connectivity index (χ3v) is 5.36. The van der Waals surface area contributed by atoms with Gasteiger partial charge in [-0.1, -0.05) is 30.3 Å². The SMILES string of the molecule is COC(=O)Cc1cccc(OCCCCOS(=O)(=O)c2ccccc2C)c1. The molecule has 0 bridgehead atoms. The summed E-state index contributed by atoms with van der Waals surface area (Å²) < 4.78 is 39.7. The second kappa shape index (κ2) is 10.1. The standard InChI is InChI=1S/C20H24O6S/c1-16-8-3-4-11-19(16)27(22,23)26-13-6-5-12-25-18-10-7-9-17(14-18)15-20(21)24-2/h3-4,7-11,14H,5-6,12-13,15H2,1-2H3. The predicted molar refractivity (Wildman–Crippen MR) is 101 cm³/mol. The maximum atomic E-state index is 12.2. The van der Waals surface area contributed by atoms with Gasteiger partial charge in [-0.3, -0.25) is 8.98 Å². The molecule has 2 aromatic carbocycles. The van der Waals surface area contributed by atoms with Crippen molar-refractivity contribution in [3.63, 3.8) is 0 Å². The van der Waals surface area contributed by atoms with Crippen LogP contribution in [0.15, 0.2) is 53.4 Å². The number of esters is 1. The lowest BCUT2D eigenvalue weighted by atomic mass is 10.1. The number of hydrogen-bond acceptors (Lipinski definition) is 6. The van der Waals surface area contributed by atoms with Gasteiger partial charge >= 0.3 is 5.97 Å². The number of benzene rings is 2. The molecule has 0 radical (unpaired) electrons. The molecule has 0 unspecified atom stereocenters. The summed E-state index contributed by atoms with van der Waals surface area (Å²) in [6.45, 7) is 2.26. The van der Waals surface area contributed by atoms with E-state index in [0.717, 1.165) is 5.56 Å². The molecule has 0 fully saturated rings. The summed E-state index contributed by atoms with van der Waals surface area (Å²) in [5, 5.41) is 0. The topological polar surface area (TPSA) is 78.9 Å². The van der Waals surface area contributed by atoms with Crippen molar-refractivity contribution < 1.29 is 26.9 Å². The summed E-state index contributed by atoms with van der Waals surface area (Å²) in [6, 6.07) is 14.0. The molecule has 0 heterocycles. The Morgan fingerprint density at radius 2 is 1.74 bits per heavy atom. The maximum Gasteiger partial charge on any atom is 0.309 e. The number of carbonyl (C=O) groups is 1. The van der Waals surface area contributed by atoms with Gasteiger partial charge in [-0.05, 0) is 49.1 Å². The van der Waals surface area contributed by atoms with Crippen LogP contribution in [-0.4, -0.2) is 34.7 Å². The predicted octanol–water partition coefficient (Wildman–Crippen LogP) is 3.28. The first-order valence-corrected chi connectivity index (χ1v) is 10.1. The van der Waals surface area contributed by atoms with Crippen molar-refractivity contribution in [2.45, 2.75) is 31.1 Å². The molecule has 0 spiro atoms. The Balaban J connectivity index is 1.73. The first kappa shape index (κ1) is 20.9. The molecule has 0 amide bonds. The van der Waals surface area contributed by atoms with E-state index in [-0.39, 0.29) is 23.9 Å². The van der Waals surface area contributed by atoms with E-state index in [9.17, 15) is 13.2 Å². The van der Waals surface area contributed by atoms with Gasteiger partial charge in [0.05, 0.1) is 31.6 Å². The fourth-order valence-corrected chi connectivity index (χ4v) is 3.62. The summed E-state index contributed by atoms with van der Waals surface area (Å²) >= 11 is 0. The number of rotatable bonds is 10. The number of carbonyl (C=O) groups excluding carboxylic acids is 1. The van der Waals surface area contributed by atoms with Crippen LogP contribution in [0, 0.1) is 6.92 Å². The van der Waals surface area contributed by atoms with Crippen molar-refractivity contribution >= 4 is 16.1 Å². The molecule has 7 heteroatoms. The lowest BCUT2D eigenvalue weighted by Crippen LogP contribution is -2.10. The Bertz CT molecular complexity index is 860. The minimum atomic E-state index is -3.73. The average Bonchev–Trinajstić information content (AvgIpc) is 2.65. The summed E-state index contributed by atoms with van der Waals surface area (Å²) in [5.41, 5.74) is 1.47. The van der Waals surface area contributed by atoms with Crippen LogP contribution in [-0.2, 0) is 30.3 Å². The molecule has 0 aliphatic heterocycles. The zero-order valence-electron chi connectivity index (χ0n) is 15.5. The van der Waals surface area contributed by atoms with Crippen molar-refractivity contribution in [1.82, 2.24) is 0 Å². The van der Waals surface area contributed by atoms with E-state index < -0.39 is 10.1 Å². The van der Waals surface area contributed by atoms with Crippen molar-refractivity contribution in [2.75, 3.05) is 20.3 Å². The Labute approximate surface area is 160 Å². The van der Waals surface area contributed by atoms with Crippen molar-refractivity contribution in [2.24, 2.45) is 0 Å². The second-order valence-electron chi connectivity index (χ2n) is 6.00. The van der Waals surface area contributed by atoms with E-state index in [4.69, 9.17) is 8.92 Å². The molecule has 6 nitrogen and oxygen atoms in total. The van der Waals surface area contributed by atoms with Gasteiger partial charge in [-0.25, -0.2) is 0 Å². The molecule has 0 aliphatic carbocycles. The zero-order valence-corrected chi connectivity index (χ0v) is 16.3. The largest absolute Gasteiger partial charge is 0.494 e. The fraction of sp³-hybridized carbons (Fsp3) is 0.350. The molecular weight excluding hydrogens is 368 g/mol. The first-order valence-electron chi connectivity index (χ1n) is 8.66. The summed E-state index contributed by atoms with van der Waals surface area (Å²) in [6.07, 6.45) is 1.38. The Morgan fingerprint density at radius 3 is 2.48 bits per heavy atom. The third kappa shape index (κ3) is 6.69. The quantitative estimate of drug-likeness (QED) is 0.351. The maximum absolute atomic E-state index is 12.2. The van der Waals surface area contributed by atoms with Crippen molar-refractivity contribution in [1.29, 1.82) is 0 Å².